The van der Waals surface area contributed by atoms with Crippen LogP contribution >= 0.6 is 0 Å². The van der Waals surface area contributed by atoms with Gasteiger partial charge in [0.1, 0.15) is 0 Å². The van der Waals surface area contributed by atoms with Crippen molar-refractivity contribution in [2.45, 2.75) is 20.0 Å². The zero-order valence-electron chi connectivity index (χ0n) is 13.7. The van der Waals surface area contributed by atoms with Gasteiger partial charge in [-0.05, 0) is 55.3 Å². The summed E-state index contributed by atoms with van der Waals surface area (Å²) in [6, 6.07) is 9.38. The average Bonchev–Trinajstić information content (AvgIpc) is 2.55. The van der Waals surface area contributed by atoms with E-state index in [0.29, 0.717) is 5.69 Å². The highest BCUT2D eigenvalue weighted by atomic mass is 19.4. The second kappa shape index (κ2) is 7.38. The van der Waals surface area contributed by atoms with Crippen LogP contribution in [-0.2, 0) is 11.0 Å². The number of carbonyl (C=O) groups is 2. The van der Waals surface area contributed by atoms with Gasteiger partial charge in [0.15, 0.2) is 0 Å². The van der Waals surface area contributed by atoms with Crippen molar-refractivity contribution >= 4 is 17.5 Å². The van der Waals surface area contributed by atoms with Crippen molar-refractivity contribution in [2.75, 3.05) is 11.9 Å². The molecule has 0 heterocycles. The first-order chi connectivity index (χ1) is 11.7. The molecule has 0 bridgehead atoms. The summed E-state index contributed by atoms with van der Waals surface area (Å²) in [6.07, 6.45) is -4.46. The van der Waals surface area contributed by atoms with Crippen molar-refractivity contribution in [1.29, 1.82) is 0 Å². The molecule has 0 saturated carbocycles. The van der Waals surface area contributed by atoms with Gasteiger partial charge in [0.05, 0.1) is 12.1 Å². The van der Waals surface area contributed by atoms with Crippen molar-refractivity contribution in [1.82, 2.24) is 5.32 Å². The van der Waals surface area contributed by atoms with Gasteiger partial charge in [0.2, 0.25) is 5.91 Å². The second-order valence-electron chi connectivity index (χ2n) is 5.62. The lowest BCUT2D eigenvalue weighted by Gasteiger charge is -2.11. The minimum Gasteiger partial charge on any atom is -0.343 e. The number of alkyl halides is 3. The van der Waals surface area contributed by atoms with Crippen LogP contribution < -0.4 is 10.6 Å². The van der Waals surface area contributed by atoms with E-state index in [1.165, 1.54) is 0 Å². The predicted molar refractivity (Wildman–Crippen MR) is 88.3 cm³/mol. The van der Waals surface area contributed by atoms with Gasteiger partial charge in [-0.1, -0.05) is 12.1 Å². The number of amides is 2. The van der Waals surface area contributed by atoms with Gasteiger partial charge in [-0.25, -0.2) is 0 Å². The van der Waals surface area contributed by atoms with Crippen LogP contribution in [0.25, 0.3) is 0 Å². The lowest BCUT2D eigenvalue weighted by molar-refractivity contribution is -0.137. The number of anilines is 1. The summed E-state index contributed by atoms with van der Waals surface area (Å²) in [4.78, 5) is 23.8. The number of nitrogens with one attached hydrogen (secondary N) is 2. The molecular weight excluding hydrogens is 333 g/mol. The molecular formula is C18H17F3N2O2. The van der Waals surface area contributed by atoms with Crippen molar-refractivity contribution in [3.63, 3.8) is 0 Å². The minimum absolute atomic E-state index is 0.0486. The molecule has 0 atom stereocenters. The van der Waals surface area contributed by atoms with Gasteiger partial charge in [0.25, 0.3) is 5.91 Å². The third kappa shape index (κ3) is 5.07. The highest BCUT2D eigenvalue weighted by molar-refractivity contribution is 5.99. The Morgan fingerprint density at radius 2 is 1.64 bits per heavy atom. The fourth-order valence-electron chi connectivity index (χ4n) is 2.14. The maximum atomic E-state index is 12.5. The average molecular weight is 350 g/mol. The molecule has 2 aromatic rings. The van der Waals surface area contributed by atoms with Crippen LogP contribution in [-0.4, -0.2) is 18.4 Å². The highest BCUT2D eigenvalue weighted by Gasteiger charge is 2.30. The van der Waals surface area contributed by atoms with E-state index in [-0.39, 0.29) is 12.1 Å². The molecule has 2 N–H and O–H groups in total. The van der Waals surface area contributed by atoms with Gasteiger partial charge in [-0.3, -0.25) is 9.59 Å². The Morgan fingerprint density at radius 3 is 2.24 bits per heavy atom. The predicted octanol–water partition coefficient (Wildman–Crippen LogP) is 3.69. The molecule has 0 spiro atoms. The molecule has 0 saturated heterocycles. The third-order valence-corrected chi connectivity index (χ3v) is 3.55. The Hall–Kier alpha value is -2.83. The van der Waals surface area contributed by atoms with Crippen molar-refractivity contribution < 1.29 is 22.8 Å². The molecule has 0 fully saturated rings. The molecule has 2 aromatic carbocycles. The van der Waals surface area contributed by atoms with Gasteiger partial charge < -0.3 is 10.6 Å². The zero-order chi connectivity index (χ0) is 18.6. The van der Waals surface area contributed by atoms with E-state index in [9.17, 15) is 22.8 Å². The highest BCUT2D eigenvalue weighted by Crippen LogP contribution is 2.29. The van der Waals surface area contributed by atoms with Gasteiger partial charge in [-0.15, -0.1) is 0 Å². The summed E-state index contributed by atoms with van der Waals surface area (Å²) in [6.45, 7) is 3.45. The standard InChI is InChI=1S/C18H17F3N2O2/c1-11-3-4-12(2)15(9-11)23-16(24)10-22-17(25)13-5-7-14(8-6-13)18(19,20)21/h3-9H,10H2,1-2H3,(H,22,25)(H,23,24). The number of hydrogen-bond donors (Lipinski definition) is 2. The Bertz CT molecular complexity index is 784. The Labute approximate surface area is 143 Å². The Morgan fingerprint density at radius 1 is 1.00 bits per heavy atom. The fraction of sp³-hybridized carbons (Fsp3) is 0.222. The summed E-state index contributed by atoms with van der Waals surface area (Å²) in [5.74, 6) is -1.04. The van der Waals surface area contributed by atoms with Gasteiger partial charge in [0, 0.05) is 11.3 Å². The quantitative estimate of drug-likeness (QED) is 0.884. The molecule has 0 aliphatic carbocycles. The summed E-state index contributed by atoms with van der Waals surface area (Å²) >= 11 is 0. The van der Waals surface area contributed by atoms with Crippen LogP contribution in [0.1, 0.15) is 27.0 Å². The molecule has 0 unspecified atom stereocenters. The normalized spacial score (nSPS) is 11.1. The van der Waals surface area contributed by atoms with E-state index < -0.39 is 23.6 Å². The fourth-order valence-corrected chi connectivity index (χ4v) is 2.14. The van der Waals surface area contributed by atoms with Crippen LogP contribution in [0.2, 0.25) is 0 Å². The first-order valence-electron chi connectivity index (χ1n) is 7.49. The van der Waals surface area contributed by atoms with E-state index in [0.717, 1.165) is 35.4 Å². The number of benzene rings is 2. The van der Waals surface area contributed by atoms with E-state index in [1.807, 2.05) is 32.0 Å². The topological polar surface area (TPSA) is 58.2 Å². The molecule has 0 aliphatic heterocycles. The monoisotopic (exact) mass is 350 g/mol. The first-order valence-corrected chi connectivity index (χ1v) is 7.49. The van der Waals surface area contributed by atoms with Gasteiger partial charge >= 0.3 is 6.18 Å². The first kappa shape index (κ1) is 18.5. The summed E-state index contributed by atoms with van der Waals surface area (Å²) in [7, 11) is 0. The molecule has 2 amide bonds. The van der Waals surface area contributed by atoms with Crippen molar-refractivity contribution in [2.24, 2.45) is 0 Å². The number of carbonyl (C=O) groups excluding carboxylic acids is 2. The minimum atomic E-state index is -4.46. The zero-order valence-corrected chi connectivity index (χ0v) is 13.7. The van der Waals surface area contributed by atoms with E-state index >= 15 is 0 Å². The Balaban J connectivity index is 1.93. The van der Waals surface area contributed by atoms with E-state index in [1.54, 1.807) is 0 Å². The lowest BCUT2D eigenvalue weighted by Crippen LogP contribution is -2.33. The van der Waals surface area contributed by atoms with Crippen molar-refractivity contribution in [3.05, 3.63) is 64.7 Å². The maximum Gasteiger partial charge on any atom is 0.416 e. The number of aryl methyl sites for hydroxylation is 2. The largest absolute Gasteiger partial charge is 0.416 e. The molecule has 7 heteroatoms. The molecule has 25 heavy (non-hydrogen) atoms. The summed E-state index contributed by atoms with van der Waals surface area (Å²) < 4.78 is 37.5. The summed E-state index contributed by atoms with van der Waals surface area (Å²) in [5, 5.41) is 5.06. The number of hydrogen-bond acceptors (Lipinski definition) is 2. The van der Waals surface area contributed by atoms with Crippen LogP contribution in [0.3, 0.4) is 0 Å². The Kier molecular flexibility index (Phi) is 5.46. The number of rotatable bonds is 4. The molecule has 4 nitrogen and oxygen atoms in total. The van der Waals surface area contributed by atoms with E-state index in [4.69, 9.17) is 0 Å². The van der Waals surface area contributed by atoms with Crippen LogP contribution in [0.15, 0.2) is 42.5 Å². The molecule has 2 rings (SSSR count). The van der Waals surface area contributed by atoms with Gasteiger partial charge in [-0.2, -0.15) is 13.2 Å². The van der Waals surface area contributed by atoms with Crippen LogP contribution in [0, 0.1) is 13.8 Å². The number of halogens is 3. The molecule has 0 aromatic heterocycles. The van der Waals surface area contributed by atoms with Crippen LogP contribution in [0.4, 0.5) is 18.9 Å². The van der Waals surface area contributed by atoms with Crippen LogP contribution in [0.5, 0.6) is 0 Å². The smallest absolute Gasteiger partial charge is 0.343 e. The SMILES string of the molecule is Cc1ccc(C)c(NC(=O)CNC(=O)c2ccc(C(F)(F)F)cc2)c1. The third-order valence-electron chi connectivity index (χ3n) is 3.55. The molecule has 0 radical (unpaired) electrons. The van der Waals surface area contributed by atoms with Crippen molar-refractivity contribution in [3.8, 4) is 0 Å². The molecule has 0 aliphatic rings. The van der Waals surface area contributed by atoms with E-state index in [2.05, 4.69) is 10.6 Å². The maximum absolute atomic E-state index is 12.5. The lowest BCUT2D eigenvalue weighted by atomic mass is 10.1. The summed E-state index contributed by atoms with van der Waals surface area (Å²) in [5.41, 5.74) is 1.72. The second-order valence-corrected chi connectivity index (χ2v) is 5.62. The molecule has 132 valence electrons.